The zero-order valence-corrected chi connectivity index (χ0v) is 11.8. The Morgan fingerprint density at radius 2 is 2.10 bits per heavy atom. The summed E-state index contributed by atoms with van der Waals surface area (Å²) in [6.07, 6.45) is 1.68. The molecule has 1 unspecified atom stereocenters. The van der Waals surface area contributed by atoms with Gasteiger partial charge in [0.2, 0.25) is 11.8 Å². The summed E-state index contributed by atoms with van der Waals surface area (Å²) < 4.78 is 5.59. The molecule has 6 nitrogen and oxygen atoms in total. The topological polar surface area (TPSA) is 75.9 Å². The number of ether oxygens (including phenoxy) is 1. The van der Waals surface area contributed by atoms with E-state index >= 15 is 0 Å². The van der Waals surface area contributed by atoms with Crippen LogP contribution in [0.5, 0.6) is 5.75 Å². The van der Waals surface area contributed by atoms with Crippen molar-refractivity contribution in [3.05, 3.63) is 24.3 Å². The molecule has 6 heteroatoms. The minimum Gasteiger partial charge on any atom is -0.490 e. The number of hydrogen-bond acceptors (Lipinski definition) is 4. The van der Waals surface area contributed by atoms with Crippen LogP contribution in [-0.2, 0) is 9.59 Å². The normalized spacial score (nSPS) is 21.6. The van der Waals surface area contributed by atoms with Gasteiger partial charge in [-0.25, -0.2) is 0 Å². The van der Waals surface area contributed by atoms with E-state index in [4.69, 9.17) is 10.5 Å². The van der Waals surface area contributed by atoms with Crippen molar-refractivity contribution in [1.29, 1.82) is 0 Å². The maximum atomic E-state index is 12.3. The second-order valence-electron chi connectivity index (χ2n) is 5.39. The number of hydrogen-bond donors (Lipinski definition) is 1. The fourth-order valence-electron chi connectivity index (χ4n) is 2.93. The van der Waals surface area contributed by atoms with Crippen LogP contribution in [0.4, 0.5) is 5.69 Å². The van der Waals surface area contributed by atoms with Crippen LogP contribution in [0.3, 0.4) is 0 Å². The van der Waals surface area contributed by atoms with Gasteiger partial charge in [0.1, 0.15) is 18.4 Å². The van der Waals surface area contributed by atoms with Crippen molar-refractivity contribution in [3.8, 4) is 5.75 Å². The highest BCUT2D eigenvalue weighted by molar-refractivity contribution is 5.95. The van der Waals surface area contributed by atoms with E-state index in [1.54, 1.807) is 21.9 Å². The molecule has 2 fully saturated rings. The standard InChI is InChI=1S/C15H19N3O3/c16-11-4-1-2-6-13(11)21-9-8-17-10-14(19)18-7-3-5-12(18)15(17)20/h1-2,4,6,12H,3,5,7-10,16H2. The second kappa shape index (κ2) is 5.63. The Morgan fingerprint density at radius 3 is 2.90 bits per heavy atom. The number of nitrogens with zero attached hydrogens (tertiary/aromatic N) is 2. The van der Waals surface area contributed by atoms with E-state index in [-0.39, 0.29) is 24.4 Å². The molecular weight excluding hydrogens is 270 g/mol. The quantitative estimate of drug-likeness (QED) is 0.818. The van der Waals surface area contributed by atoms with Gasteiger partial charge in [-0.2, -0.15) is 0 Å². The largest absolute Gasteiger partial charge is 0.490 e. The van der Waals surface area contributed by atoms with Crippen LogP contribution in [0.1, 0.15) is 12.8 Å². The van der Waals surface area contributed by atoms with E-state index < -0.39 is 0 Å². The third-order valence-electron chi connectivity index (χ3n) is 4.03. The highest BCUT2D eigenvalue weighted by Crippen LogP contribution is 2.24. The summed E-state index contributed by atoms with van der Waals surface area (Å²) in [6, 6.07) is 6.98. The number of carbonyl (C=O) groups excluding carboxylic acids is 2. The zero-order chi connectivity index (χ0) is 14.8. The SMILES string of the molecule is Nc1ccccc1OCCN1CC(=O)N2CCCC2C1=O. The van der Waals surface area contributed by atoms with Crippen molar-refractivity contribution in [2.75, 3.05) is 32.0 Å². The van der Waals surface area contributed by atoms with Crippen LogP contribution in [0.15, 0.2) is 24.3 Å². The van der Waals surface area contributed by atoms with Crippen LogP contribution < -0.4 is 10.5 Å². The molecule has 1 atom stereocenters. The predicted molar refractivity (Wildman–Crippen MR) is 77.7 cm³/mol. The third kappa shape index (κ3) is 2.66. The van der Waals surface area contributed by atoms with Crippen LogP contribution in [0.25, 0.3) is 0 Å². The molecule has 1 aromatic carbocycles. The molecule has 112 valence electrons. The smallest absolute Gasteiger partial charge is 0.245 e. The van der Waals surface area contributed by atoms with Gasteiger partial charge in [-0.05, 0) is 25.0 Å². The lowest BCUT2D eigenvalue weighted by molar-refractivity contribution is -0.153. The highest BCUT2D eigenvalue weighted by Gasteiger charge is 2.41. The van der Waals surface area contributed by atoms with Gasteiger partial charge in [0, 0.05) is 6.54 Å². The van der Waals surface area contributed by atoms with Crippen LogP contribution in [0.2, 0.25) is 0 Å². The lowest BCUT2D eigenvalue weighted by atomic mass is 10.1. The first-order chi connectivity index (χ1) is 10.2. The monoisotopic (exact) mass is 289 g/mol. The third-order valence-corrected chi connectivity index (χ3v) is 4.03. The number of nitrogen functional groups attached to an aromatic ring is 1. The lowest BCUT2D eigenvalue weighted by Crippen LogP contribution is -2.57. The first-order valence-electron chi connectivity index (χ1n) is 7.22. The summed E-state index contributed by atoms with van der Waals surface area (Å²) in [5, 5.41) is 0. The molecule has 2 N–H and O–H groups in total. The first kappa shape index (κ1) is 13.7. The van der Waals surface area contributed by atoms with E-state index in [1.165, 1.54) is 0 Å². The average molecular weight is 289 g/mol. The number of fused-ring (bicyclic) bond motifs is 1. The molecule has 0 aliphatic carbocycles. The van der Waals surface area contributed by atoms with Crippen molar-refractivity contribution in [1.82, 2.24) is 9.80 Å². The van der Waals surface area contributed by atoms with Crippen LogP contribution >= 0.6 is 0 Å². The summed E-state index contributed by atoms with van der Waals surface area (Å²) in [6.45, 7) is 1.60. The van der Waals surface area contributed by atoms with Gasteiger partial charge in [-0.15, -0.1) is 0 Å². The van der Waals surface area contributed by atoms with Gasteiger partial charge in [0.15, 0.2) is 0 Å². The molecule has 3 rings (SSSR count). The fraction of sp³-hybridized carbons (Fsp3) is 0.467. The molecule has 0 bridgehead atoms. The second-order valence-corrected chi connectivity index (χ2v) is 5.39. The maximum absolute atomic E-state index is 12.3. The zero-order valence-electron chi connectivity index (χ0n) is 11.8. The summed E-state index contributed by atoms with van der Waals surface area (Å²) in [4.78, 5) is 27.6. The Kier molecular flexibility index (Phi) is 3.68. The van der Waals surface area contributed by atoms with E-state index in [1.807, 2.05) is 12.1 Å². The van der Waals surface area contributed by atoms with Crippen molar-refractivity contribution in [2.45, 2.75) is 18.9 Å². The van der Waals surface area contributed by atoms with Gasteiger partial charge in [-0.1, -0.05) is 12.1 Å². The summed E-state index contributed by atoms with van der Waals surface area (Å²) >= 11 is 0. The van der Waals surface area contributed by atoms with Crippen LogP contribution in [-0.4, -0.2) is 53.9 Å². The first-order valence-corrected chi connectivity index (χ1v) is 7.22. The molecular formula is C15H19N3O3. The molecule has 2 saturated heterocycles. The van der Waals surface area contributed by atoms with Gasteiger partial charge in [0.05, 0.1) is 18.8 Å². The maximum Gasteiger partial charge on any atom is 0.245 e. The number of amides is 2. The minimum atomic E-state index is -0.256. The van der Waals surface area contributed by atoms with Crippen molar-refractivity contribution < 1.29 is 14.3 Å². The number of piperazine rings is 1. The summed E-state index contributed by atoms with van der Waals surface area (Å²) in [5.41, 5.74) is 6.36. The predicted octanol–water partition coefficient (Wildman–Crippen LogP) is 0.481. The number of anilines is 1. The Hall–Kier alpha value is -2.24. The number of para-hydroxylation sites is 2. The molecule has 1 aromatic rings. The van der Waals surface area contributed by atoms with Gasteiger partial charge < -0.3 is 20.3 Å². The minimum absolute atomic E-state index is 0.0383. The number of benzene rings is 1. The summed E-state index contributed by atoms with van der Waals surface area (Å²) in [5.74, 6) is 0.684. The van der Waals surface area contributed by atoms with Crippen molar-refractivity contribution in [3.63, 3.8) is 0 Å². The average Bonchev–Trinajstić information content (AvgIpc) is 2.96. The lowest BCUT2D eigenvalue weighted by Gasteiger charge is -2.36. The van der Waals surface area contributed by atoms with Crippen molar-refractivity contribution in [2.24, 2.45) is 0 Å². The highest BCUT2D eigenvalue weighted by atomic mass is 16.5. The van der Waals surface area contributed by atoms with Crippen LogP contribution in [0, 0.1) is 0 Å². The molecule has 21 heavy (non-hydrogen) atoms. The van der Waals surface area contributed by atoms with Gasteiger partial charge in [-0.3, -0.25) is 9.59 Å². The van der Waals surface area contributed by atoms with Gasteiger partial charge >= 0.3 is 0 Å². The van der Waals surface area contributed by atoms with E-state index in [0.717, 1.165) is 12.8 Å². The molecule has 2 amide bonds. The molecule has 0 radical (unpaired) electrons. The molecule has 2 heterocycles. The van der Waals surface area contributed by atoms with E-state index in [2.05, 4.69) is 0 Å². The Morgan fingerprint density at radius 1 is 1.29 bits per heavy atom. The molecule has 0 saturated carbocycles. The molecule has 2 aliphatic rings. The van der Waals surface area contributed by atoms with Crippen molar-refractivity contribution >= 4 is 17.5 Å². The summed E-state index contributed by atoms with van der Waals surface area (Å²) in [7, 11) is 0. The Balaban J connectivity index is 1.57. The fourth-order valence-corrected chi connectivity index (χ4v) is 2.93. The molecule has 0 aromatic heterocycles. The number of carbonyl (C=O) groups is 2. The van der Waals surface area contributed by atoms with Gasteiger partial charge in [0.25, 0.3) is 0 Å². The number of nitrogens with two attached hydrogens (primary N) is 1. The van der Waals surface area contributed by atoms with E-state index in [0.29, 0.717) is 31.1 Å². The Labute approximate surface area is 123 Å². The van der Waals surface area contributed by atoms with E-state index in [9.17, 15) is 9.59 Å². The molecule has 2 aliphatic heterocycles. The molecule has 0 spiro atoms. The Bertz CT molecular complexity index is 561. The number of rotatable bonds is 4.